The summed E-state index contributed by atoms with van der Waals surface area (Å²) in [7, 11) is 0. The topological polar surface area (TPSA) is 15.8 Å². The zero-order valence-electron chi connectivity index (χ0n) is 17.3. The van der Waals surface area contributed by atoms with Gasteiger partial charge in [0.25, 0.3) is 0 Å². The van der Waals surface area contributed by atoms with Crippen LogP contribution in [0, 0.1) is 0 Å². The molecule has 0 aliphatic rings. The lowest BCUT2D eigenvalue weighted by Gasteiger charge is -2.07. The van der Waals surface area contributed by atoms with Gasteiger partial charge in [-0.05, 0) is 46.5 Å². The zero-order chi connectivity index (χ0) is 21.1. The summed E-state index contributed by atoms with van der Waals surface area (Å²) >= 11 is 1.88. The second-order valence-corrected chi connectivity index (χ2v) is 9.34. The van der Waals surface area contributed by atoms with Crippen molar-refractivity contribution in [1.82, 2.24) is 4.98 Å². The molecule has 0 unspecified atom stereocenters. The lowest BCUT2D eigenvalue weighted by molar-refractivity contribution is 1.54. The van der Waals surface area contributed by atoms with Gasteiger partial charge >= 0.3 is 0 Å². The van der Waals surface area contributed by atoms with E-state index in [1.165, 1.54) is 64.2 Å². The van der Waals surface area contributed by atoms with Gasteiger partial charge < -0.3 is 4.98 Å². The number of H-pyrrole nitrogens is 1. The minimum absolute atomic E-state index is 1.18. The Kier molecular flexibility index (Phi) is 3.78. The van der Waals surface area contributed by atoms with Gasteiger partial charge in [-0.2, -0.15) is 0 Å². The van der Waals surface area contributed by atoms with Gasteiger partial charge in [-0.15, -0.1) is 11.3 Å². The van der Waals surface area contributed by atoms with Crippen LogP contribution in [0.25, 0.3) is 64.2 Å². The number of aromatic amines is 1. The minimum Gasteiger partial charge on any atom is -0.355 e. The van der Waals surface area contributed by atoms with E-state index in [1.807, 2.05) is 11.3 Å². The highest BCUT2D eigenvalue weighted by Gasteiger charge is 2.11. The number of nitrogens with one attached hydrogen (secondary N) is 1. The molecule has 0 amide bonds. The Hall–Kier alpha value is -3.88. The predicted molar refractivity (Wildman–Crippen MR) is 140 cm³/mol. The van der Waals surface area contributed by atoms with E-state index in [-0.39, 0.29) is 0 Å². The maximum Gasteiger partial charge on any atom is 0.0465 e. The van der Waals surface area contributed by atoms with Crippen molar-refractivity contribution in [2.45, 2.75) is 0 Å². The molecule has 2 aromatic heterocycles. The second-order valence-electron chi connectivity index (χ2n) is 8.29. The van der Waals surface area contributed by atoms with Crippen molar-refractivity contribution in [3.8, 4) is 22.3 Å². The van der Waals surface area contributed by atoms with Crippen molar-refractivity contribution in [1.29, 1.82) is 0 Å². The van der Waals surface area contributed by atoms with Gasteiger partial charge in [-0.25, -0.2) is 0 Å². The number of hydrogen-bond acceptors (Lipinski definition) is 1. The number of hydrogen-bond donors (Lipinski definition) is 1. The van der Waals surface area contributed by atoms with E-state index in [0.717, 1.165) is 0 Å². The quantitative estimate of drug-likeness (QED) is 0.284. The standard InChI is InChI=1S/C30H19NS/c1-3-10-27-23(6-1)26-18-21(16-17-28(26)31-27)19-12-14-20(15-13-19)22-8-5-9-25-24-7-2-4-11-29(24)32-30(22)25/h1-18,31H. The number of rotatable bonds is 2. The fourth-order valence-electron chi connectivity index (χ4n) is 4.84. The Labute approximate surface area is 189 Å². The van der Waals surface area contributed by atoms with Gasteiger partial charge in [0.1, 0.15) is 0 Å². The molecule has 5 aromatic carbocycles. The highest BCUT2D eigenvalue weighted by Crippen LogP contribution is 2.40. The largest absolute Gasteiger partial charge is 0.355 e. The maximum absolute atomic E-state index is 3.52. The molecule has 0 spiro atoms. The lowest BCUT2D eigenvalue weighted by atomic mass is 9.98. The van der Waals surface area contributed by atoms with Gasteiger partial charge in [-0.3, -0.25) is 0 Å². The van der Waals surface area contributed by atoms with E-state index in [0.29, 0.717) is 0 Å². The fourth-order valence-corrected chi connectivity index (χ4v) is 6.08. The van der Waals surface area contributed by atoms with Crippen LogP contribution >= 0.6 is 11.3 Å². The van der Waals surface area contributed by atoms with Crippen molar-refractivity contribution in [2.75, 3.05) is 0 Å². The molecule has 0 atom stereocenters. The van der Waals surface area contributed by atoms with Crippen molar-refractivity contribution in [3.05, 3.63) is 109 Å². The Morgan fingerprint density at radius 3 is 2.06 bits per heavy atom. The third-order valence-electron chi connectivity index (χ3n) is 6.44. The van der Waals surface area contributed by atoms with E-state index >= 15 is 0 Å². The smallest absolute Gasteiger partial charge is 0.0465 e. The molecule has 0 saturated heterocycles. The monoisotopic (exact) mass is 425 g/mol. The summed E-state index contributed by atoms with van der Waals surface area (Å²) in [4.78, 5) is 3.52. The number of aromatic nitrogens is 1. The predicted octanol–water partition coefficient (Wildman–Crippen LogP) is 9.02. The molecule has 7 aromatic rings. The molecule has 150 valence electrons. The molecule has 0 radical (unpaired) electrons. The Morgan fingerprint density at radius 1 is 0.469 bits per heavy atom. The molecule has 0 saturated carbocycles. The van der Waals surface area contributed by atoms with Gasteiger partial charge in [0.15, 0.2) is 0 Å². The zero-order valence-corrected chi connectivity index (χ0v) is 18.1. The van der Waals surface area contributed by atoms with Crippen molar-refractivity contribution >= 4 is 53.3 Å². The van der Waals surface area contributed by atoms with Gasteiger partial charge in [-0.1, -0.05) is 84.9 Å². The summed E-state index contributed by atoms with van der Waals surface area (Å²) < 4.78 is 2.71. The van der Waals surface area contributed by atoms with Crippen LogP contribution in [-0.2, 0) is 0 Å². The van der Waals surface area contributed by atoms with Gasteiger partial charge in [0.2, 0.25) is 0 Å². The fraction of sp³-hybridized carbons (Fsp3) is 0. The molecule has 1 nitrogen and oxygen atoms in total. The van der Waals surface area contributed by atoms with Crippen molar-refractivity contribution in [3.63, 3.8) is 0 Å². The molecule has 0 fully saturated rings. The molecule has 2 heterocycles. The van der Waals surface area contributed by atoms with E-state index in [4.69, 9.17) is 0 Å². The van der Waals surface area contributed by atoms with Crippen LogP contribution in [0.2, 0.25) is 0 Å². The average molecular weight is 426 g/mol. The molecule has 2 heteroatoms. The van der Waals surface area contributed by atoms with E-state index < -0.39 is 0 Å². The van der Waals surface area contributed by atoms with Gasteiger partial charge in [0.05, 0.1) is 0 Å². The summed E-state index contributed by atoms with van der Waals surface area (Å²) in [6.45, 7) is 0. The highest BCUT2D eigenvalue weighted by atomic mass is 32.1. The third kappa shape index (κ3) is 2.63. The molecule has 0 aliphatic carbocycles. The summed E-state index contributed by atoms with van der Waals surface area (Å²) in [6, 6.07) is 39.6. The van der Waals surface area contributed by atoms with Crippen LogP contribution in [0.1, 0.15) is 0 Å². The van der Waals surface area contributed by atoms with E-state index in [2.05, 4.69) is 114 Å². The Balaban J connectivity index is 1.34. The van der Waals surface area contributed by atoms with Crippen LogP contribution < -0.4 is 0 Å². The SMILES string of the molecule is c1ccc2c(c1)[nH]c1ccc(-c3ccc(-c4cccc5c4sc4ccccc45)cc3)cc12. The number of para-hydroxylation sites is 1. The third-order valence-corrected chi connectivity index (χ3v) is 7.66. The van der Waals surface area contributed by atoms with Crippen LogP contribution in [-0.4, -0.2) is 4.98 Å². The van der Waals surface area contributed by atoms with Crippen molar-refractivity contribution < 1.29 is 0 Å². The molecule has 32 heavy (non-hydrogen) atoms. The lowest BCUT2D eigenvalue weighted by Crippen LogP contribution is -1.81. The highest BCUT2D eigenvalue weighted by molar-refractivity contribution is 7.26. The Bertz CT molecular complexity index is 1770. The maximum atomic E-state index is 3.52. The van der Waals surface area contributed by atoms with E-state index in [1.54, 1.807) is 0 Å². The molecular formula is C30H19NS. The van der Waals surface area contributed by atoms with Crippen molar-refractivity contribution in [2.24, 2.45) is 0 Å². The second kappa shape index (κ2) is 6.81. The summed E-state index contributed by atoms with van der Waals surface area (Å²) in [5, 5.41) is 5.24. The molecule has 1 N–H and O–H groups in total. The first-order valence-corrected chi connectivity index (χ1v) is 11.7. The first-order valence-electron chi connectivity index (χ1n) is 10.9. The Morgan fingerprint density at radius 2 is 1.16 bits per heavy atom. The van der Waals surface area contributed by atoms with Crippen LogP contribution in [0.15, 0.2) is 109 Å². The number of thiophene rings is 1. The molecule has 0 bridgehead atoms. The average Bonchev–Trinajstić information content (AvgIpc) is 3.42. The molecule has 7 rings (SSSR count). The van der Waals surface area contributed by atoms with Crippen LogP contribution in [0.5, 0.6) is 0 Å². The van der Waals surface area contributed by atoms with Gasteiger partial charge in [0, 0.05) is 42.0 Å². The number of benzene rings is 5. The normalized spacial score (nSPS) is 11.8. The molecule has 0 aliphatic heterocycles. The first-order chi connectivity index (χ1) is 15.8. The first kappa shape index (κ1) is 17.8. The van der Waals surface area contributed by atoms with E-state index in [9.17, 15) is 0 Å². The summed E-state index contributed by atoms with van der Waals surface area (Å²) in [5.74, 6) is 0. The number of fused-ring (bicyclic) bond motifs is 6. The minimum atomic E-state index is 1.18. The van der Waals surface area contributed by atoms with Crippen LogP contribution in [0.4, 0.5) is 0 Å². The summed E-state index contributed by atoms with van der Waals surface area (Å²) in [5.41, 5.74) is 7.43. The van der Waals surface area contributed by atoms with Crippen LogP contribution in [0.3, 0.4) is 0 Å². The summed E-state index contributed by atoms with van der Waals surface area (Å²) in [6.07, 6.45) is 0. The molecular weight excluding hydrogens is 406 g/mol.